The van der Waals surface area contributed by atoms with Crippen LogP contribution in [-0.4, -0.2) is 41.9 Å². The summed E-state index contributed by atoms with van der Waals surface area (Å²) < 4.78 is 8.63. The summed E-state index contributed by atoms with van der Waals surface area (Å²) in [6.07, 6.45) is 1.59. The van der Waals surface area contributed by atoms with E-state index in [1.807, 2.05) is 24.3 Å². The maximum atomic E-state index is 12.8. The number of aromatic nitrogens is 5. The Kier molecular flexibility index (Phi) is 4.86. The monoisotopic (exact) mass is 410 g/mol. The summed E-state index contributed by atoms with van der Waals surface area (Å²) in [4.78, 5) is 33.7. The molecule has 0 saturated heterocycles. The third-order valence-corrected chi connectivity index (χ3v) is 4.96. The number of benzene rings is 1. The Morgan fingerprint density at radius 2 is 2.10 bits per heavy atom. The topological polar surface area (TPSA) is 124 Å². The predicted octanol–water partition coefficient (Wildman–Crippen LogP) is 1.03. The van der Waals surface area contributed by atoms with E-state index in [-0.39, 0.29) is 18.8 Å². The second kappa shape index (κ2) is 7.38. The highest BCUT2D eigenvalue weighted by atomic mass is 16.5. The number of fused-ring (bicyclic) bond motifs is 1. The summed E-state index contributed by atoms with van der Waals surface area (Å²) in [5, 5.41) is 17.3. The molecule has 10 heteroatoms. The Labute approximate surface area is 172 Å². The number of ether oxygens (including phenoxy) is 1. The average Bonchev–Trinajstić information content (AvgIpc) is 3.15. The molecule has 0 spiro atoms. The zero-order valence-corrected chi connectivity index (χ0v) is 16.9. The highest BCUT2D eigenvalue weighted by molar-refractivity contribution is 5.94. The lowest BCUT2D eigenvalue weighted by Crippen LogP contribution is -2.42. The van der Waals surface area contributed by atoms with Gasteiger partial charge in [0, 0.05) is 6.54 Å². The van der Waals surface area contributed by atoms with E-state index in [0.717, 1.165) is 11.3 Å². The van der Waals surface area contributed by atoms with Gasteiger partial charge in [-0.3, -0.25) is 14.2 Å². The van der Waals surface area contributed by atoms with E-state index in [2.05, 4.69) is 20.4 Å². The van der Waals surface area contributed by atoms with Crippen LogP contribution < -0.4 is 10.9 Å². The second-order valence-corrected chi connectivity index (χ2v) is 7.50. The standard InChI is InChI=1S/C20H22N6O4/c1-12-22-11-26(24-12)14-7-5-4-6-13(14)10-21-17(28)15-16(27)18(29)25-8-9-30-20(2,3)19(25)23-15/h4-7,11,27H,8-10H2,1-3H3,(H,21,28). The number of nitrogens with one attached hydrogen (secondary N) is 1. The molecule has 10 nitrogen and oxygen atoms in total. The van der Waals surface area contributed by atoms with Crippen molar-refractivity contribution in [1.82, 2.24) is 29.6 Å². The number of amides is 1. The molecule has 1 aliphatic rings. The number of hydrogen-bond acceptors (Lipinski definition) is 7. The van der Waals surface area contributed by atoms with Crippen LogP contribution in [0.1, 0.15) is 41.5 Å². The fraction of sp³-hybridized carbons (Fsp3) is 0.350. The van der Waals surface area contributed by atoms with E-state index >= 15 is 0 Å². The number of nitrogens with zero attached hydrogens (tertiary/aromatic N) is 5. The fourth-order valence-electron chi connectivity index (χ4n) is 3.43. The highest BCUT2D eigenvalue weighted by Crippen LogP contribution is 2.27. The van der Waals surface area contributed by atoms with Crippen LogP contribution in [0.15, 0.2) is 35.4 Å². The van der Waals surface area contributed by atoms with Crippen molar-refractivity contribution >= 4 is 5.91 Å². The number of carbonyl (C=O) groups is 1. The van der Waals surface area contributed by atoms with Gasteiger partial charge in [-0.25, -0.2) is 14.6 Å². The molecule has 1 amide bonds. The fourth-order valence-corrected chi connectivity index (χ4v) is 3.43. The molecule has 1 aromatic carbocycles. The van der Waals surface area contributed by atoms with Gasteiger partial charge in [-0.05, 0) is 32.4 Å². The van der Waals surface area contributed by atoms with E-state index in [1.165, 1.54) is 4.57 Å². The predicted molar refractivity (Wildman–Crippen MR) is 106 cm³/mol. The van der Waals surface area contributed by atoms with Gasteiger partial charge in [0.1, 0.15) is 23.6 Å². The molecule has 30 heavy (non-hydrogen) atoms. The van der Waals surface area contributed by atoms with Gasteiger partial charge < -0.3 is 15.2 Å². The van der Waals surface area contributed by atoms with Crippen LogP contribution in [0.5, 0.6) is 5.75 Å². The number of rotatable bonds is 4. The average molecular weight is 410 g/mol. The number of para-hydroxylation sites is 1. The molecule has 0 aliphatic carbocycles. The zero-order valence-electron chi connectivity index (χ0n) is 16.9. The summed E-state index contributed by atoms with van der Waals surface area (Å²) in [5.74, 6) is -0.393. The van der Waals surface area contributed by atoms with Crippen molar-refractivity contribution in [1.29, 1.82) is 0 Å². The number of aryl methyl sites for hydroxylation is 1. The Bertz CT molecular complexity index is 1180. The molecule has 0 atom stereocenters. The van der Waals surface area contributed by atoms with Crippen LogP contribution in [0.25, 0.3) is 5.69 Å². The van der Waals surface area contributed by atoms with Crippen LogP contribution in [-0.2, 0) is 23.4 Å². The van der Waals surface area contributed by atoms with Gasteiger partial charge in [-0.2, -0.15) is 5.10 Å². The summed E-state index contributed by atoms with van der Waals surface area (Å²) in [6, 6.07) is 7.41. The van der Waals surface area contributed by atoms with Crippen molar-refractivity contribution in [2.24, 2.45) is 0 Å². The third kappa shape index (κ3) is 3.45. The number of aromatic hydroxyl groups is 1. The summed E-state index contributed by atoms with van der Waals surface area (Å²) >= 11 is 0. The van der Waals surface area contributed by atoms with Crippen molar-refractivity contribution in [3.05, 3.63) is 63.9 Å². The molecule has 1 aliphatic heterocycles. The molecule has 0 radical (unpaired) electrons. The smallest absolute Gasteiger partial charge is 0.296 e. The molecule has 0 fully saturated rings. The van der Waals surface area contributed by atoms with Gasteiger partial charge in [-0.1, -0.05) is 18.2 Å². The lowest BCUT2D eigenvalue weighted by atomic mass is 10.1. The maximum Gasteiger partial charge on any atom is 0.296 e. The van der Waals surface area contributed by atoms with E-state index in [4.69, 9.17) is 4.74 Å². The molecule has 0 bridgehead atoms. The number of carbonyl (C=O) groups excluding carboxylic acids is 1. The largest absolute Gasteiger partial charge is 0.501 e. The highest BCUT2D eigenvalue weighted by Gasteiger charge is 2.34. The Hall–Kier alpha value is -3.53. The lowest BCUT2D eigenvalue weighted by Gasteiger charge is -2.32. The van der Waals surface area contributed by atoms with Crippen molar-refractivity contribution in [3.63, 3.8) is 0 Å². The first kappa shape index (κ1) is 19.8. The molecule has 156 valence electrons. The molecule has 2 aromatic heterocycles. The summed E-state index contributed by atoms with van der Waals surface area (Å²) in [6.45, 7) is 6.05. The summed E-state index contributed by atoms with van der Waals surface area (Å²) in [7, 11) is 0. The molecule has 3 heterocycles. The molecule has 2 N–H and O–H groups in total. The van der Waals surface area contributed by atoms with Gasteiger partial charge in [0.15, 0.2) is 5.69 Å². The minimum Gasteiger partial charge on any atom is -0.501 e. The van der Waals surface area contributed by atoms with Gasteiger partial charge in [-0.15, -0.1) is 0 Å². The molecular formula is C20H22N6O4. The van der Waals surface area contributed by atoms with Gasteiger partial charge in [0.25, 0.3) is 11.5 Å². The van der Waals surface area contributed by atoms with Crippen molar-refractivity contribution in [2.75, 3.05) is 6.61 Å². The van der Waals surface area contributed by atoms with Crippen LogP contribution in [0.3, 0.4) is 0 Å². The Balaban J connectivity index is 1.62. The SMILES string of the molecule is Cc1ncn(-c2ccccc2CNC(=O)c2nc3n(c(=O)c2O)CCOC3(C)C)n1. The first-order valence-corrected chi connectivity index (χ1v) is 9.51. The quantitative estimate of drug-likeness (QED) is 0.658. The van der Waals surface area contributed by atoms with Crippen molar-refractivity contribution < 1.29 is 14.6 Å². The molecule has 0 saturated carbocycles. The molecule has 0 unspecified atom stereocenters. The zero-order chi connectivity index (χ0) is 21.5. The van der Waals surface area contributed by atoms with Gasteiger partial charge in [0.05, 0.1) is 18.8 Å². The molecular weight excluding hydrogens is 388 g/mol. The lowest BCUT2D eigenvalue weighted by molar-refractivity contribution is -0.0566. The van der Waals surface area contributed by atoms with Crippen molar-refractivity contribution in [3.8, 4) is 11.4 Å². The first-order valence-electron chi connectivity index (χ1n) is 9.51. The van der Waals surface area contributed by atoms with Gasteiger partial charge >= 0.3 is 0 Å². The molecule has 3 aromatic rings. The minimum atomic E-state index is -0.850. The van der Waals surface area contributed by atoms with E-state index in [9.17, 15) is 14.7 Å². The first-order chi connectivity index (χ1) is 14.3. The molecule has 4 rings (SSSR count). The maximum absolute atomic E-state index is 12.8. The second-order valence-electron chi connectivity index (χ2n) is 7.50. The van der Waals surface area contributed by atoms with Crippen LogP contribution >= 0.6 is 0 Å². The normalized spacial score (nSPS) is 14.9. The van der Waals surface area contributed by atoms with E-state index < -0.39 is 22.8 Å². The van der Waals surface area contributed by atoms with E-state index in [0.29, 0.717) is 18.3 Å². The van der Waals surface area contributed by atoms with Crippen LogP contribution in [0, 0.1) is 6.92 Å². The van der Waals surface area contributed by atoms with Crippen molar-refractivity contribution in [2.45, 2.75) is 39.5 Å². The van der Waals surface area contributed by atoms with Gasteiger partial charge in [0.2, 0.25) is 5.75 Å². The minimum absolute atomic E-state index is 0.146. The van der Waals surface area contributed by atoms with E-state index in [1.54, 1.807) is 31.8 Å². The van der Waals surface area contributed by atoms with Crippen LogP contribution in [0.2, 0.25) is 0 Å². The third-order valence-electron chi connectivity index (χ3n) is 4.96. The summed E-state index contributed by atoms with van der Waals surface area (Å²) in [5.41, 5.74) is -0.277. The Morgan fingerprint density at radius 1 is 1.33 bits per heavy atom. The van der Waals surface area contributed by atoms with Crippen LogP contribution in [0.4, 0.5) is 0 Å². The number of hydrogen-bond donors (Lipinski definition) is 2. The Morgan fingerprint density at radius 3 is 2.83 bits per heavy atom.